The molecule has 2 rings (SSSR count). The summed E-state index contributed by atoms with van der Waals surface area (Å²) in [6.45, 7) is 0. The Balaban J connectivity index is 2.80. The lowest BCUT2D eigenvalue weighted by Gasteiger charge is -2.25. The molecule has 21 heavy (non-hydrogen) atoms. The van der Waals surface area contributed by atoms with Crippen LogP contribution >= 0.6 is 0 Å². The van der Waals surface area contributed by atoms with E-state index < -0.39 is 40.4 Å². The minimum absolute atomic E-state index is 0.120. The van der Waals surface area contributed by atoms with Crippen LogP contribution in [0.4, 0.5) is 17.6 Å². The smallest absolute Gasteiger partial charge is 0.345 e. The second kappa shape index (κ2) is 5.17. The van der Waals surface area contributed by atoms with Crippen LogP contribution in [0.5, 0.6) is 0 Å². The van der Waals surface area contributed by atoms with Crippen LogP contribution in [0.1, 0.15) is 11.1 Å². The van der Waals surface area contributed by atoms with Crippen molar-refractivity contribution in [1.82, 2.24) is 0 Å². The zero-order chi connectivity index (χ0) is 15.8. The normalized spacial score (nSPS) is 13.8. The first-order chi connectivity index (χ1) is 9.80. The molecule has 0 amide bonds. The van der Waals surface area contributed by atoms with Gasteiger partial charge >= 0.3 is 5.97 Å². The zero-order valence-corrected chi connectivity index (χ0v) is 10.3. The highest BCUT2D eigenvalue weighted by Gasteiger charge is 2.44. The third-order valence-electron chi connectivity index (χ3n) is 2.99. The number of aliphatic carboxylic acids is 1. The number of aliphatic hydroxyl groups is 1. The van der Waals surface area contributed by atoms with Crippen LogP contribution < -0.4 is 0 Å². The minimum atomic E-state index is -3.05. The van der Waals surface area contributed by atoms with Crippen LogP contribution in [0, 0.1) is 23.3 Å². The quantitative estimate of drug-likeness (QED) is 0.520. The van der Waals surface area contributed by atoms with E-state index in [1.54, 1.807) is 0 Å². The number of carboxylic acids is 1. The van der Waals surface area contributed by atoms with Crippen molar-refractivity contribution >= 4 is 5.97 Å². The molecular weight excluding hydrogens is 292 g/mol. The van der Waals surface area contributed by atoms with E-state index in [-0.39, 0.29) is 11.6 Å². The lowest BCUT2D eigenvalue weighted by molar-refractivity contribution is -0.155. The summed E-state index contributed by atoms with van der Waals surface area (Å²) < 4.78 is 53.2. The van der Waals surface area contributed by atoms with E-state index in [2.05, 4.69) is 0 Å². The molecule has 0 heterocycles. The lowest BCUT2D eigenvalue weighted by Crippen LogP contribution is -2.38. The summed E-state index contributed by atoms with van der Waals surface area (Å²) in [5.41, 5.74) is -4.61. The van der Waals surface area contributed by atoms with Crippen molar-refractivity contribution in [2.75, 3.05) is 0 Å². The van der Waals surface area contributed by atoms with Crippen LogP contribution in [-0.2, 0) is 10.4 Å². The number of benzene rings is 2. The fraction of sp³-hybridized carbons (Fsp3) is 0.0714. The number of halogens is 4. The Bertz CT molecular complexity index is 703. The van der Waals surface area contributed by atoms with Crippen LogP contribution in [0.2, 0.25) is 0 Å². The van der Waals surface area contributed by atoms with Gasteiger partial charge in [0.15, 0.2) is 23.3 Å². The van der Waals surface area contributed by atoms with Crippen LogP contribution in [0.25, 0.3) is 0 Å². The highest BCUT2D eigenvalue weighted by Crippen LogP contribution is 2.34. The summed E-state index contributed by atoms with van der Waals surface area (Å²) in [4.78, 5) is 11.3. The zero-order valence-electron chi connectivity index (χ0n) is 10.3. The van der Waals surface area contributed by atoms with Gasteiger partial charge in [0.1, 0.15) is 0 Å². The molecule has 1 atom stereocenters. The molecule has 0 aliphatic rings. The molecule has 1 unspecified atom stereocenters. The molecule has 0 aromatic heterocycles. The van der Waals surface area contributed by atoms with Gasteiger partial charge in [-0.2, -0.15) is 0 Å². The number of carboxylic acid groups (broad SMARTS) is 1. The standard InChI is InChI=1S/C14H8F4O3/c15-9-6-8(10(16)12(18)11(9)17)14(21,13(19)20)7-4-2-1-3-5-7/h1-6,21H,(H,19,20). The predicted octanol–water partition coefficient (Wildman–Crippen LogP) is 2.56. The predicted molar refractivity (Wildman–Crippen MR) is 63.4 cm³/mol. The largest absolute Gasteiger partial charge is 0.479 e. The molecule has 0 saturated heterocycles. The van der Waals surface area contributed by atoms with E-state index in [0.29, 0.717) is 0 Å². The number of carbonyl (C=O) groups is 1. The molecule has 2 aromatic carbocycles. The van der Waals surface area contributed by atoms with Gasteiger partial charge in [-0.3, -0.25) is 0 Å². The van der Waals surface area contributed by atoms with Gasteiger partial charge in [0.25, 0.3) is 0 Å². The van der Waals surface area contributed by atoms with Crippen LogP contribution in [0.15, 0.2) is 36.4 Å². The summed E-state index contributed by atoms with van der Waals surface area (Å²) in [5.74, 6) is -10.0. The van der Waals surface area contributed by atoms with Gasteiger partial charge in [-0.1, -0.05) is 30.3 Å². The maximum absolute atomic E-state index is 13.8. The van der Waals surface area contributed by atoms with Crippen molar-refractivity contribution in [3.63, 3.8) is 0 Å². The van der Waals surface area contributed by atoms with Gasteiger partial charge in [-0.25, -0.2) is 22.4 Å². The topological polar surface area (TPSA) is 57.5 Å². The highest BCUT2D eigenvalue weighted by molar-refractivity contribution is 5.83. The van der Waals surface area contributed by atoms with E-state index >= 15 is 0 Å². The van der Waals surface area contributed by atoms with Gasteiger partial charge in [0.2, 0.25) is 5.60 Å². The van der Waals surface area contributed by atoms with Gasteiger partial charge < -0.3 is 10.2 Å². The van der Waals surface area contributed by atoms with Crippen LogP contribution in [0.3, 0.4) is 0 Å². The Kier molecular flexibility index (Phi) is 3.69. The van der Waals surface area contributed by atoms with Gasteiger partial charge in [0, 0.05) is 5.56 Å². The Morgan fingerprint density at radius 2 is 1.52 bits per heavy atom. The van der Waals surface area contributed by atoms with Crippen molar-refractivity contribution in [1.29, 1.82) is 0 Å². The van der Waals surface area contributed by atoms with E-state index in [9.17, 15) is 27.5 Å². The van der Waals surface area contributed by atoms with Gasteiger partial charge in [-0.15, -0.1) is 0 Å². The Labute approximate surface area is 116 Å². The average Bonchev–Trinajstić information content (AvgIpc) is 2.48. The van der Waals surface area contributed by atoms with Crippen molar-refractivity contribution in [2.24, 2.45) is 0 Å². The molecule has 0 aliphatic carbocycles. The molecule has 0 bridgehead atoms. The van der Waals surface area contributed by atoms with E-state index in [1.165, 1.54) is 18.2 Å². The second-order valence-electron chi connectivity index (χ2n) is 4.23. The molecule has 0 radical (unpaired) electrons. The fourth-order valence-electron chi connectivity index (χ4n) is 1.91. The lowest BCUT2D eigenvalue weighted by atomic mass is 9.86. The van der Waals surface area contributed by atoms with Crippen molar-refractivity contribution < 1.29 is 32.6 Å². The van der Waals surface area contributed by atoms with Crippen molar-refractivity contribution in [3.8, 4) is 0 Å². The molecule has 110 valence electrons. The molecule has 0 saturated carbocycles. The number of hydrogen-bond acceptors (Lipinski definition) is 2. The molecule has 0 fully saturated rings. The summed E-state index contributed by atoms with van der Waals surface area (Å²) >= 11 is 0. The third kappa shape index (κ3) is 2.25. The second-order valence-corrected chi connectivity index (χ2v) is 4.23. The summed E-state index contributed by atoms with van der Waals surface area (Å²) in [6, 6.07) is 6.57. The van der Waals surface area contributed by atoms with Crippen molar-refractivity contribution in [2.45, 2.75) is 5.60 Å². The first kappa shape index (κ1) is 15.0. The van der Waals surface area contributed by atoms with Crippen molar-refractivity contribution in [3.05, 3.63) is 70.8 Å². The highest BCUT2D eigenvalue weighted by atomic mass is 19.2. The maximum atomic E-state index is 13.8. The first-order valence-electron chi connectivity index (χ1n) is 5.65. The summed E-state index contributed by atoms with van der Waals surface area (Å²) in [5, 5.41) is 19.4. The molecule has 3 nitrogen and oxygen atoms in total. The first-order valence-corrected chi connectivity index (χ1v) is 5.65. The number of rotatable bonds is 3. The van der Waals surface area contributed by atoms with Gasteiger partial charge in [-0.05, 0) is 11.6 Å². The molecule has 0 spiro atoms. The maximum Gasteiger partial charge on any atom is 0.345 e. The van der Waals surface area contributed by atoms with Crippen LogP contribution in [-0.4, -0.2) is 16.2 Å². The molecule has 2 N–H and O–H groups in total. The fourth-order valence-corrected chi connectivity index (χ4v) is 1.91. The summed E-state index contributed by atoms with van der Waals surface area (Å²) in [6.07, 6.45) is 0. The molecule has 0 aliphatic heterocycles. The monoisotopic (exact) mass is 300 g/mol. The molecular formula is C14H8F4O3. The number of hydrogen-bond donors (Lipinski definition) is 2. The Hall–Kier alpha value is -2.41. The van der Waals surface area contributed by atoms with E-state index in [1.807, 2.05) is 0 Å². The summed E-state index contributed by atoms with van der Waals surface area (Å²) in [7, 11) is 0. The Morgan fingerprint density at radius 1 is 0.952 bits per heavy atom. The molecule has 2 aromatic rings. The Morgan fingerprint density at radius 3 is 2.05 bits per heavy atom. The van der Waals surface area contributed by atoms with Gasteiger partial charge in [0.05, 0.1) is 0 Å². The SMILES string of the molecule is O=C(O)C(O)(c1ccccc1)c1cc(F)c(F)c(F)c1F. The minimum Gasteiger partial charge on any atom is -0.479 e. The van der Waals surface area contributed by atoms with E-state index in [4.69, 9.17) is 5.11 Å². The van der Waals surface area contributed by atoms with E-state index in [0.717, 1.165) is 12.1 Å². The average molecular weight is 300 g/mol. The third-order valence-corrected chi connectivity index (χ3v) is 2.99. The molecule has 7 heteroatoms.